The van der Waals surface area contributed by atoms with Crippen LogP contribution in [0.1, 0.15) is 63.2 Å². The summed E-state index contributed by atoms with van der Waals surface area (Å²) < 4.78 is 2.04. The van der Waals surface area contributed by atoms with Crippen LogP contribution < -0.4 is 5.56 Å². The van der Waals surface area contributed by atoms with Crippen molar-refractivity contribution in [3.05, 3.63) is 40.4 Å². The first-order valence-electron chi connectivity index (χ1n) is 11.8. The summed E-state index contributed by atoms with van der Waals surface area (Å²) in [6.45, 7) is 6.72. The first-order valence-corrected chi connectivity index (χ1v) is 11.8. The average molecular weight is 395 g/mol. The van der Waals surface area contributed by atoms with Crippen molar-refractivity contribution in [2.24, 2.45) is 5.92 Å². The van der Waals surface area contributed by atoms with Crippen molar-refractivity contribution < 1.29 is 0 Å². The van der Waals surface area contributed by atoms with E-state index in [1.54, 1.807) is 0 Å². The Morgan fingerprint density at radius 2 is 1.69 bits per heavy atom. The summed E-state index contributed by atoms with van der Waals surface area (Å²) in [5.74, 6) is 1.69. The fraction of sp³-hybridized carbons (Fsp3) is 0.667. The Hall–Kier alpha value is -1.72. The van der Waals surface area contributed by atoms with Crippen molar-refractivity contribution in [2.45, 2.75) is 64.0 Å². The summed E-state index contributed by atoms with van der Waals surface area (Å²) in [4.78, 5) is 23.6. The molecule has 0 spiro atoms. The molecule has 29 heavy (non-hydrogen) atoms. The third-order valence-electron chi connectivity index (χ3n) is 7.09. The molecule has 2 saturated heterocycles. The van der Waals surface area contributed by atoms with Gasteiger partial charge in [0.05, 0.1) is 16.9 Å². The molecule has 1 aromatic carbocycles. The van der Waals surface area contributed by atoms with Gasteiger partial charge in [0.15, 0.2) is 0 Å². The van der Waals surface area contributed by atoms with Gasteiger partial charge >= 0.3 is 0 Å². The van der Waals surface area contributed by atoms with E-state index in [9.17, 15) is 4.79 Å². The molecule has 1 aromatic heterocycles. The maximum Gasteiger partial charge on any atom is 0.261 e. The lowest BCUT2D eigenvalue weighted by atomic mass is 10.1. The second kappa shape index (κ2) is 8.57. The Labute approximate surface area is 173 Å². The number of para-hydroxylation sites is 1. The van der Waals surface area contributed by atoms with Gasteiger partial charge in [0.2, 0.25) is 0 Å². The van der Waals surface area contributed by atoms with E-state index in [1.807, 2.05) is 28.8 Å². The molecule has 2 aliphatic heterocycles. The fourth-order valence-corrected chi connectivity index (χ4v) is 5.19. The minimum atomic E-state index is 0.164. The Bertz CT molecular complexity index is 895. The van der Waals surface area contributed by atoms with Crippen LogP contribution in [0.3, 0.4) is 0 Å². The highest BCUT2D eigenvalue weighted by Crippen LogP contribution is 2.34. The molecule has 0 radical (unpaired) electrons. The summed E-state index contributed by atoms with van der Waals surface area (Å²) in [7, 11) is 0. The molecular weight excluding hydrogens is 360 g/mol. The summed E-state index contributed by atoms with van der Waals surface area (Å²) in [5.41, 5.74) is 1.02. The average Bonchev–Trinajstić information content (AvgIpc) is 3.50. The van der Waals surface area contributed by atoms with Gasteiger partial charge in [-0.1, -0.05) is 25.0 Å². The van der Waals surface area contributed by atoms with E-state index in [1.165, 1.54) is 58.0 Å². The Morgan fingerprint density at radius 3 is 2.48 bits per heavy atom. The maximum atomic E-state index is 13.3. The highest BCUT2D eigenvalue weighted by atomic mass is 16.1. The van der Waals surface area contributed by atoms with Gasteiger partial charge in [-0.25, -0.2) is 4.98 Å². The molecule has 1 aliphatic carbocycles. The lowest BCUT2D eigenvalue weighted by molar-refractivity contribution is 0.189. The third kappa shape index (κ3) is 4.26. The Morgan fingerprint density at radius 1 is 0.897 bits per heavy atom. The van der Waals surface area contributed by atoms with E-state index in [0.29, 0.717) is 5.92 Å². The van der Waals surface area contributed by atoms with E-state index >= 15 is 0 Å². The van der Waals surface area contributed by atoms with Gasteiger partial charge in [0.1, 0.15) is 5.82 Å². The molecule has 0 bridgehead atoms. The molecule has 3 fully saturated rings. The van der Waals surface area contributed by atoms with E-state index in [0.717, 1.165) is 49.3 Å². The van der Waals surface area contributed by atoms with E-state index in [-0.39, 0.29) is 11.6 Å². The second-order valence-electron chi connectivity index (χ2n) is 9.30. The molecule has 3 aliphatic rings. The van der Waals surface area contributed by atoms with Crippen molar-refractivity contribution in [1.82, 2.24) is 19.4 Å². The zero-order valence-corrected chi connectivity index (χ0v) is 17.6. The minimum Gasteiger partial charge on any atom is -0.302 e. The number of benzene rings is 1. The summed E-state index contributed by atoms with van der Waals surface area (Å²) in [6, 6.07) is 8.17. The fourth-order valence-electron chi connectivity index (χ4n) is 5.19. The van der Waals surface area contributed by atoms with Gasteiger partial charge in [-0.2, -0.15) is 0 Å². The maximum absolute atomic E-state index is 13.3. The molecule has 2 aromatic rings. The lowest BCUT2D eigenvalue weighted by Gasteiger charge is -2.29. The van der Waals surface area contributed by atoms with Gasteiger partial charge < -0.3 is 4.90 Å². The number of likely N-dealkylation sites (tertiary alicyclic amines) is 2. The molecule has 3 heterocycles. The number of hydrogen-bond acceptors (Lipinski definition) is 4. The topological polar surface area (TPSA) is 41.4 Å². The van der Waals surface area contributed by atoms with Gasteiger partial charge in [0, 0.05) is 19.6 Å². The first-order chi connectivity index (χ1) is 14.3. The van der Waals surface area contributed by atoms with Crippen LogP contribution in [-0.4, -0.2) is 52.1 Å². The number of rotatable bonds is 6. The molecule has 0 N–H and O–H groups in total. The van der Waals surface area contributed by atoms with Crippen molar-refractivity contribution in [3.63, 3.8) is 0 Å². The van der Waals surface area contributed by atoms with Crippen LogP contribution >= 0.6 is 0 Å². The number of nitrogens with zero attached hydrogens (tertiary/aromatic N) is 4. The largest absolute Gasteiger partial charge is 0.302 e. The van der Waals surface area contributed by atoms with Gasteiger partial charge in [0.25, 0.3) is 5.56 Å². The summed E-state index contributed by atoms with van der Waals surface area (Å²) >= 11 is 0. The van der Waals surface area contributed by atoms with Crippen molar-refractivity contribution in [3.8, 4) is 0 Å². The van der Waals surface area contributed by atoms with Crippen LogP contribution in [0.25, 0.3) is 10.9 Å². The first kappa shape index (κ1) is 19.3. The van der Waals surface area contributed by atoms with Crippen LogP contribution in [-0.2, 0) is 6.54 Å². The molecular formula is C24H34N4O. The van der Waals surface area contributed by atoms with Crippen LogP contribution in [0.4, 0.5) is 0 Å². The van der Waals surface area contributed by atoms with E-state index in [2.05, 4.69) is 9.80 Å². The second-order valence-corrected chi connectivity index (χ2v) is 9.30. The highest BCUT2D eigenvalue weighted by Gasteiger charge is 2.32. The van der Waals surface area contributed by atoms with Crippen molar-refractivity contribution >= 4 is 10.9 Å². The molecule has 1 saturated carbocycles. The van der Waals surface area contributed by atoms with E-state index < -0.39 is 0 Å². The Kier molecular flexibility index (Phi) is 5.69. The minimum absolute atomic E-state index is 0.164. The van der Waals surface area contributed by atoms with E-state index in [4.69, 9.17) is 4.98 Å². The quantitative estimate of drug-likeness (QED) is 0.747. The lowest BCUT2D eigenvalue weighted by Crippen LogP contribution is -2.38. The molecule has 156 valence electrons. The smallest absolute Gasteiger partial charge is 0.261 e. The van der Waals surface area contributed by atoms with Crippen LogP contribution in [0.15, 0.2) is 29.1 Å². The molecule has 5 heteroatoms. The van der Waals surface area contributed by atoms with Gasteiger partial charge in [-0.05, 0) is 76.2 Å². The van der Waals surface area contributed by atoms with Gasteiger partial charge in [-0.3, -0.25) is 14.3 Å². The monoisotopic (exact) mass is 394 g/mol. The van der Waals surface area contributed by atoms with Crippen LogP contribution in [0.2, 0.25) is 0 Å². The number of fused-ring (bicyclic) bond motifs is 1. The Balaban J connectivity index is 1.41. The zero-order valence-electron chi connectivity index (χ0n) is 17.6. The summed E-state index contributed by atoms with van der Waals surface area (Å²) in [6.07, 6.45) is 10.3. The molecule has 1 unspecified atom stereocenters. The normalized spacial score (nSPS) is 24.2. The molecule has 5 rings (SSSR count). The molecule has 5 nitrogen and oxygen atoms in total. The number of hydrogen-bond donors (Lipinski definition) is 0. The highest BCUT2D eigenvalue weighted by molar-refractivity contribution is 5.77. The van der Waals surface area contributed by atoms with Gasteiger partial charge in [-0.15, -0.1) is 0 Å². The third-order valence-corrected chi connectivity index (χ3v) is 7.09. The van der Waals surface area contributed by atoms with Crippen LogP contribution in [0.5, 0.6) is 0 Å². The number of aromatic nitrogens is 2. The molecule has 1 atom stereocenters. The zero-order chi connectivity index (χ0) is 19.6. The van der Waals surface area contributed by atoms with Crippen LogP contribution in [0, 0.1) is 5.92 Å². The van der Waals surface area contributed by atoms with Crippen molar-refractivity contribution in [1.29, 1.82) is 0 Å². The predicted molar refractivity (Wildman–Crippen MR) is 117 cm³/mol. The predicted octanol–water partition coefficient (Wildman–Crippen LogP) is 3.82. The standard InChI is InChI=1S/C24H34N4O/c29-24-20-8-3-4-9-21(20)25-23(28(24)18-19-11-12-19)22-10-7-15-27(22)17-16-26-13-5-1-2-6-14-26/h3-4,8-9,19,22H,1-2,5-7,10-18H2. The molecule has 0 amide bonds. The summed E-state index contributed by atoms with van der Waals surface area (Å²) in [5, 5.41) is 0.769. The van der Waals surface area contributed by atoms with Crippen molar-refractivity contribution in [2.75, 3.05) is 32.7 Å². The SMILES string of the molecule is O=c1c2ccccc2nc(C2CCCN2CCN2CCCCCC2)n1CC1CC1.